The van der Waals surface area contributed by atoms with E-state index in [0.717, 1.165) is 36.6 Å². The van der Waals surface area contributed by atoms with Crippen LogP contribution in [-0.2, 0) is 6.54 Å². The highest BCUT2D eigenvalue weighted by molar-refractivity contribution is 5.95. The molecule has 0 unspecified atom stereocenters. The van der Waals surface area contributed by atoms with Crippen molar-refractivity contribution in [3.63, 3.8) is 0 Å². The van der Waals surface area contributed by atoms with Crippen molar-refractivity contribution in [2.45, 2.75) is 59.0 Å². The molecule has 0 aliphatic carbocycles. The summed E-state index contributed by atoms with van der Waals surface area (Å²) in [6.07, 6.45) is 2.53. The van der Waals surface area contributed by atoms with E-state index >= 15 is 0 Å². The molecule has 3 aromatic rings. The SMILES string of the molecule is COc1cc(O)c(-c2ccc(C(=O)NC(C)C)n2-c2ccc(CN3CCCC3)cc2)cc1C(C)C. The highest BCUT2D eigenvalue weighted by atomic mass is 16.5. The molecule has 2 N–H and O–H groups in total. The number of nitrogens with one attached hydrogen (secondary N) is 1. The number of amides is 1. The van der Waals surface area contributed by atoms with Gasteiger partial charge in [-0.2, -0.15) is 0 Å². The number of likely N-dealkylation sites (tertiary alicyclic amines) is 1. The van der Waals surface area contributed by atoms with Crippen molar-refractivity contribution >= 4 is 5.91 Å². The van der Waals surface area contributed by atoms with Gasteiger partial charge in [0, 0.05) is 29.9 Å². The Bertz CT molecular complexity index is 1170. The van der Waals surface area contributed by atoms with Gasteiger partial charge in [-0.15, -0.1) is 0 Å². The van der Waals surface area contributed by atoms with Crippen molar-refractivity contribution in [1.29, 1.82) is 0 Å². The third kappa shape index (κ3) is 5.38. The molecule has 1 amide bonds. The molecule has 1 aliphatic rings. The molecule has 2 heterocycles. The average molecular weight is 476 g/mol. The van der Waals surface area contributed by atoms with Crippen LogP contribution in [0.3, 0.4) is 0 Å². The number of hydrogen-bond donors (Lipinski definition) is 2. The van der Waals surface area contributed by atoms with Crippen LogP contribution < -0.4 is 10.1 Å². The van der Waals surface area contributed by atoms with Crippen molar-refractivity contribution in [2.75, 3.05) is 20.2 Å². The average Bonchev–Trinajstić information content (AvgIpc) is 3.49. The number of nitrogens with zero attached hydrogens (tertiary/aromatic N) is 2. The number of carbonyl (C=O) groups is 1. The fraction of sp³-hybridized carbons (Fsp3) is 0.414. The largest absolute Gasteiger partial charge is 0.507 e. The highest BCUT2D eigenvalue weighted by Gasteiger charge is 2.22. The summed E-state index contributed by atoms with van der Waals surface area (Å²) in [6, 6.07) is 15.8. The minimum Gasteiger partial charge on any atom is -0.507 e. The maximum atomic E-state index is 13.1. The Hall–Kier alpha value is -3.25. The van der Waals surface area contributed by atoms with E-state index in [1.165, 1.54) is 18.4 Å². The molecule has 0 saturated carbocycles. The number of ether oxygens (including phenoxy) is 1. The molecular formula is C29H37N3O3. The van der Waals surface area contributed by atoms with Gasteiger partial charge in [0.1, 0.15) is 17.2 Å². The molecule has 0 bridgehead atoms. The maximum absolute atomic E-state index is 13.1. The quantitative estimate of drug-likeness (QED) is 0.438. The first-order valence-electron chi connectivity index (χ1n) is 12.5. The van der Waals surface area contributed by atoms with Crippen LogP contribution in [0.4, 0.5) is 0 Å². The summed E-state index contributed by atoms with van der Waals surface area (Å²) in [6.45, 7) is 11.3. The molecule has 0 spiro atoms. The van der Waals surface area contributed by atoms with E-state index in [1.54, 1.807) is 13.2 Å². The molecule has 6 heteroatoms. The fourth-order valence-corrected chi connectivity index (χ4v) is 4.81. The zero-order chi connectivity index (χ0) is 25.1. The van der Waals surface area contributed by atoms with E-state index in [1.807, 2.05) is 36.6 Å². The molecule has 6 nitrogen and oxygen atoms in total. The van der Waals surface area contributed by atoms with Gasteiger partial charge < -0.3 is 19.7 Å². The standard InChI is InChI=1S/C29H37N3O3/c1-19(2)23-16-24(27(33)17-28(23)35-5)25-12-13-26(29(34)30-20(3)4)32(25)22-10-8-21(9-11-22)18-31-14-6-7-15-31/h8-13,16-17,19-20,33H,6-7,14-15,18H2,1-5H3,(H,30,34). The lowest BCUT2D eigenvalue weighted by molar-refractivity contribution is 0.0936. The minimum atomic E-state index is -0.149. The van der Waals surface area contributed by atoms with Crippen molar-refractivity contribution in [3.8, 4) is 28.4 Å². The van der Waals surface area contributed by atoms with E-state index in [2.05, 4.69) is 48.3 Å². The van der Waals surface area contributed by atoms with Crippen LogP contribution in [0.25, 0.3) is 16.9 Å². The van der Waals surface area contributed by atoms with Crippen LogP contribution in [0, 0.1) is 0 Å². The van der Waals surface area contributed by atoms with Gasteiger partial charge in [0.25, 0.3) is 5.91 Å². The van der Waals surface area contributed by atoms with Crippen LogP contribution >= 0.6 is 0 Å². The zero-order valence-electron chi connectivity index (χ0n) is 21.5. The lowest BCUT2D eigenvalue weighted by Crippen LogP contribution is -2.31. The number of aromatic hydroxyl groups is 1. The van der Waals surface area contributed by atoms with Crippen molar-refractivity contribution in [3.05, 3.63) is 65.4 Å². The molecule has 1 saturated heterocycles. The number of methoxy groups -OCH3 is 1. The highest BCUT2D eigenvalue weighted by Crippen LogP contribution is 2.40. The van der Waals surface area contributed by atoms with Gasteiger partial charge in [0.2, 0.25) is 0 Å². The molecule has 186 valence electrons. The van der Waals surface area contributed by atoms with Crippen molar-refractivity contribution in [2.24, 2.45) is 0 Å². The third-order valence-corrected chi connectivity index (χ3v) is 6.58. The molecular weight excluding hydrogens is 438 g/mol. The predicted octanol–water partition coefficient (Wildman–Crippen LogP) is 5.72. The lowest BCUT2D eigenvalue weighted by atomic mass is 9.97. The van der Waals surface area contributed by atoms with Gasteiger partial charge in [-0.3, -0.25) is 9.69 Å². The summed E-state index contributed by atoms with van der Waals surface area (Å²) in [7, 11) is 1.61. The molecule has 35 heavy (non-hydrogen) atoms. The van der Waals surface area contributed by atoms with Crippen LogP contribution in [0.5, 0.6) is 11.5 Å². The van der Waals surface area contributed by atoms with E-state index in [4.69, 9.17) is 4.74 Å². The molecule has 2 aromatic carbocycles. The summed E-state index contributed by atoms with van der Waals surface area (Å²) < 4.78 is 7.45. The van der Waals surface area contributed by atoms with Crippen LogP contribution in [0.1, 0.15) is 68.1 Å². The second-order valence-electron chi connectivity index (χ2n) is 9.98. The first kappa shape index (κ1) is 24.9. The Morgan fingerprint density at radius 2 is 1.71 bits per heavy atom. The zero-order valence-corrected chi connectivity index (χ0v) is 21.5. The molecule has 0 radical (unpaired) electrons. The summed E-state index contributed by atoms with van der Waals surface area (Å²) in [4.78, 5) is 15.6. The fourth-order valence-electron chi connectivity index (χ4n) is 4.81. The number of benzene rings is 2. The number of rotatable bonds is 8. The Morgan fingerprint density at radius 1 is 1.03 bits per heavy atom. The Morgan fingerprint density at radius 3 is 2.31 bits per heavy atom. The van der Waals surface area contributed by atoms with E-state index < -0.39 is 0 Å². The Kier molecular flexibility index (Phi) is 7.51. The van der Waals surface area contributed by atoms with Gasteiger partial charge in [-0.25, -0.2) is 0 Å². The van der Waals surface area contributed by atoms with Crippen molar-refractivity contribution < 1.29 is 14.6 Å². The number of phenolic OH excluding ortho intramolecular Hbond substituents is 1. The van der Waals surface area contributed by atoms with Gasteiger partial charge in [0.15, 0.2) is 0 Å². The number of phenols is 1. The molecule has 1 aliphatic heterocycles. The van der Waals surface area contributed by atoms with Gasteiger partial charge >= 0.3 is 0 Å². The second-order valence-corrected chi connectivity index (χ2v) is 9.98. The van der Waals surface area contributed by atoms with Gasteiger partial charge in [-0.05, 0) is 87.2 Å². The van der Waals surface area contributed by atoms with E-state index in [-0.39, 0.29) is 23.6 Å². The van der Waals surface area contributed by atoms with E-state index in [9.17, 15) is 9.90 Å². The van der Waals surface area contributed by atoms with Crippen LogP contribution in [0.15, 0.2) is 48.5 Å². The first-order valence-corrected chi connectivity index (χ1v) is 12.5. The minimum absolute atomic E-state index is 0.0130. The van der Waals surface area contributed by atoms with Crippen molar-refractivity contribution in [1.82, 2.24) is 14.8 Å². The maximum Gasteiger partial charge on any atom is 0.268 e. The molecule has 1 aromatic heterocycles. The molecule has 1 fully saturated rings. The van der Waals surface area contributed by atoms with Gasteiger partial charge in [0.05, 0.1) is 12.8 Å². The van der Waals surface area contributed by atoms with Crippen LogP contribution in [0.2, 0.25) is 0 Å². The number of hydrogen-bond acceptors (Lipinski definition) is 4. The predicted molar refractivity (Wildman–Crippen MR) is 141 cm³/mol. The summed E-state index contributed by atoms with van der Waals surface area (Å²) in [5.41, 5.74) is 5.09. The third-order valence-electron chi connectivity index (χ3n) is 6.58. The second kappa shape index (κ2) is 10.6. The van der Waals surface area contributed by atoms with E-state index in [0.29, 0.717) is 17.0 Å². The number of aromatic nitrogens is 1. The van der Waals surface area contributed by atoms with Gasteiger partial charge in [-0.1, -0.05) is 26.0 Å². The molecule has 0 atom stereocenters. The monoisotopic (exact) mass is 475 g/mol. The Labute approximate surface area is 208 Å². The number of carbonyl (C=O) groups excluding carboxylic acids is 1. The van der Waals surface area contributed by atoms with Crippen LogP contribution in [-0.4, -0.2) is 46.7 Å². The first-order chi connectivity index (χ1) is 16.8. The Balaban J connectivity index is 1.80. The lowest BCUT2D eigenvalue weighted by Gasteiger charge is -2.19. The smallest absolute Gasteiger partial charge is 0.268 e. The molecule has 4 rings (SSSR count). The summed E-state index contributed by atoms with van der Waals surface area (Å²) >= 11 is 0. The topological polar surface area (TPSA) is 66.7 Å². The summed E-state index contributed by atoms with van der Waals surface area (Å²) in [5, 5.41) is 14.0. The normalized spacial score (nSPS) is 14.1. The summed E-state index contributed by atoms with van der Waals surface area (Å²) in [5.74, 6) is 0.834.